The number of alkyl halides is 2. The maximum absolute atomic E-state index is 12.2. The van der Waals surface area contributed by atoms with Crippen LogP contribution in [0.25, 0.3) is 0 Å². The molecule has 1 heterocycles. The predicted molar refractivity (Wildman–Crippen MR) is 61.0 cm³/mol. The van der Waals surface area contributed by atoms with Crippen LogP contribution in [0.4, 0.5) is 8.78 Å². The van der Waals surface area contributed by atoms with Gasteiger partial charge in [-0.05, 0) is 40.0 Å². The number of nitrogens with zero attached hydrogens (tertiary/aromatic N) is 1. The van der Waals surface area contributed by atoms with Gasteiger partial charge in [-0.25, -0.2) is 4.90 Å². The summed E-state index contributed by atoms with van der Waals surface area (Å²) in [6, 6.07) is 0. The molecule has 1 spiro atoms. The van der Waals surface area contributed by atoms with Crippen molar-refractivity contribution in [1.29, 1.82) is 0 Å². The minimum absolute atomic E-state index is 0.190. The van der Waals surface area contributed by atoms with Gasteiger partial charge in [-0.2, -0.15) is 8.78 Å². The van der Waals surface area contributed by atoms with Gasteiger partial charge in [-0.15, -0.1) is 0 Å². The Hall–Kier alpha value is -0.300. The molecule has 4 nitrogen and oxygen atoms in total. The lowest BCUT2D eigenvalue weighted by molar-refractivity contribution is -0.248. The summed E-state index contributed by atoms with van der Waals surface area (Å²) in [4.78, 5) is 1.76. The fourth-order valence-corrected chi connectivity index (χ4v) is 2.60. The Morgan fingerprint density at radius 1 is 1.33 bits per heavy atom. The Balaban J connectivity index is 1.96. The van der Waals surface area contributed by atoms with Gasteiger partial charge in [0.25, 0.3) is 0 Å². The number of hydrogen-bond donors (Lipinski definition) is 1. The van der Waals surface area contributed by atoms with Gasteiger partial charge in [0.1, 0.15) is 0 Å². The number of halogens is 2. The highest BCUT2D eigenvalue weighted by molar-refractivity contribution is 5.10. The van der Waals surface area contributed by atoms with Crippen molar-refractivity contribution in [1.82, 2.24) is 4.90 Å². The molecule has 6 heteroatoms. The minimum Gasteiger partial charge on any atom is -0.356 e. The summed E-state index contributed by atoms with van der Waals surface area (Å²) in [5, 5.41) is 10.1. The van der Waals surface area contributed by atoms with E-state index in [0.717, 1.165) is 12.8 Å². The summed E-state index contributed by atoms with van der Waals surface area (Å²) in [7, 11) is 0. The van der Waals surface area contributed by atoms with Gasteiger partial charge in [-0.3, -0.25) is 0 Å². The Labute approximate surface area is 106 Å². The second-order valence-electron chi connectivity index (χ2n) is 6.16. The van der Waals surface area contributed by atoms with Crippen LogP contribution < -0.4 is 0 Å². The van der Waals surface area contributed by atoms with E-state index in [-0.39, 0.29) is 5.54 Å². The van der Waals surface area contributed by atoms with Crippen molar-refractivity contribution in [2.75, 3.05) is 6.54 Å². The Morgan fingerprint density at radius 3 is 2.39 bits per heavy atom. The lowest BCUT2D eigenvalue weighted by Gasteiger charge is -2.33. The highest BCUT2D eigenvalue weighted by Crippen LogP contribution is 2.51. The molecule has 0 aromatic carbocycles. The molecule has 0 amide bonds. The van der Waals surface area contributed by atoms with Gasteiger partial charge in [0.2, 0.25) is 6.41 Å². The fourth-order valence-electron chi connectivity index (χ4n) is 2.60. The van der Waals surface area contributed by atoms with Crippen LogP contribution in [0.15, 0.2) is 0 Å². The van der Waals surface area contributed by atoms with E-state index in [1.807, 2.05) is 20.8 Å². The largest absolute Gasteiger partial charge is 0.356 e. The fraction of sp³-hybridized carbons (Fsp3) is 1.00. The monoisotopic (exact) mass is 265 g/mol. The first-order valence-electron chi connectivity index (χ1n) is 6.28. The smallest absolute Gasteiger partial charge is 0.345 e. The van der Waals surface area contributed by atoms with Crippen molar-refractivity contribution in [3.63, 3.8) is 0 Å². The molecule has 0 aromatic heterocycles. The Bertz CT molecular complexity index is 302. The van der Waals surface area contributed by atoms with Crippen LogP contribution in [-0.2, 0) is 9.47 Å². The number of ether oxygens (including phenoxy) is 2. The maximum atomic E-state index is 12.2. The normalized spacial score (nSPS) is 29.2. The summed E-state index contributed by atoms with van der Waals surface area (Å²) >= 11 is 0. The number of aliphatic hydroxyl groups is 1. The molecular weight excluding hydrogens is 244 g/mol. The predicted octanol–water partition coefficient (Wildman–Crippen LogP) is 1.92. The molecule has 2 aliphatic rings. The van der Waals surface area contributed by atoms with Crippen molar-refractivity contribution in [2.24, 2.45) is 0 Å². The van der Waals surface area contributed by atoms with E-state index >= 15 is 0 Å². The zero-order valence-electron chi connectivity index (χ0n) is 11.0. The van der Waals surface area contributed by atoms with Crippen molar-refractivity contribution < 1.29 is 23.4 Å². The lowest BCUT2D eigenvalue weighted by Crippen LogP contribution is -2.45. The van der Waals surface area contributed by atoms with E-state index in [2.05, 4.69) is 4.74 Å². The molecule has 2 unspecified atom stereocenters. The van der Waals surface area contributed by atoms with E-state index in [0.29, 0.717) is 13.0 Å². The van der Waals surface area contributed by atoms with E-state index < -0.39 is 24.7 Å². The average Bonchev–Trinajstić information content (AvgIpc) is 2.80. The lowest BCUT2D eigenvalue weighted by atomic mass is 10.2. The molecular formula is C12H21F2NO3. The molecule has 106 valence electrons. The quantitative estimate of drug-likeness (QED) is 0.789. The zero-order chi connectivity index (χ0) is 13.6. The first kappa shape index (κ1) is 14.1. The van der Waals surface area contributed by atoms with E-state index in [9.17, 15) is 13.9 Å². The number of hydrogen-bond acceptors (Lipinski definition) is 4. The molecule has 1 aliphatic heterocycles. The molecule has 1 aliphatic carbocycles. The molecule has 0 radical (unpaired) electrons. The van der Waals surface area contributed by atoms with Crippen molar-refractivity contribution in [2.45, 2.75) is 70.3 Å². The van der Waals surface area contributed by atoms with E-state index in [4.69, 9.17) is 4.74 Å². The highest BCUT2D eigenvalue weighted by atomic mass is 19.3. The number of likely N-dealkylation sites (tertiary alicyclic amines) is 1. The van der Waals surface area contributed by atoms with Crippen LogP contribution in [0.1, 0.15) is 40.0 Å². The molecule has 2 rings (SSSR count). The van der Waals surface area contributed by atoms with Crippen LogP contribution in [0.3, 0.4) is 0 Å². The third kappa shape index (κ3) is 3.17. The van der Waals surface area contributed by atoms with Gasteiger partial charge in [0, 0.05) is 12.1 Å². The third-order valence-electron chi connectivity index (χ3n) is 3.47. The van der Waals surface area contributed by atoms with Gasteiger partial charge >= 0.3 is 6.61 Å². The summed E-state index contributed by atoms with van der Waals surface area (Å²) in [6.45, 7) is 3.07. The van der Waals surface area contributed by atoms with Crippen molar-refractivity contribution >= 4 is 0 Å². The van der Waals surface area contributed by atoms with Crippen molar-refractivity contribution in [3.8, 4) is 0 Å². The molecule has 1 N–H and O–H groups in total. The molecule has 18 heavy (non-hydrogen) atoms. The first-order valence-corrected chi connectivity index (χ1v) is 6.28. The molecule has 1 saturated heterocycles. The molecule has 0 bridgehead atoms. The maximum Gasteiger partial charge on any atom is 0.345 e. The van der Waals surface area contributed by atoms with Crippen molar-refractivity contribution in [3.05, 3.63) is 0 Å². The minimum atomic E-state index is -2.76. The topological polar surface area (TPSA) is 41.9 Å². The standard InChI is InChI=1S/C12H21F2NO3/c1-11(2,3)18-10(16)15-7-8(17-9(13)14)6-12(15)4-5-12/h8-10,16H,4-7H2,1-3H3. The van der Waals surface area contributed by atoms with Crippen LogP contribution in [-0.4, -0.2) is 46.8 Å². The molecule has 0 aromatic rings. The van der Waals surface area contributed by atoms with Gasteiger partial charge < -0.3 is 14.6 Å². The van der Waals surface area contributed by atoms with E-state index in [1.165, 1.54) is 0 Å². The summed E-state index contributed by atoms with van der Waals surface area (Å²) in [5.41, 5.74) is -0.665. The molecule has 2 atom stereocenters. The van der Waals surface area contributed by atoms with Crippen LogP contribution in [0, 0.1) is 0 Å². The van der Waals surface area contributed by atoms with Crippen LogP contribution in [0.5, 0.6) is 0 Å². The SMILES string of the molecule is CC(C)(C)OC(O)N1CC(OC(F)F)CC12CC2. The first-order chi connectivity index (χ1) is 8.22. The van der Waals surface area contributed by atoms with E-state index in [1.54, 1.807) is 4.90 Å². The van der Waals surface area contributed by atoms with Gasteiger partial charge in [0.05, 0.1) is 11.7 Å². The van der Waals surface area contributed by atoms with Gasteiger partial charge in [-0.1, -0.05) is 0 Å². The zero-order valence-corrected chi connectivity index (χ0v) is 11.0. The number of aliphatic hydroxyl groups excluding tert-OH is 1. The molecule has 1 saturated carbocycles. The Kier molecular flexibility index (Phi) is 3.66. The third-order valence-corrected chi connectivity index (χ3v) is 3.47. The van der Waals surface area contributed by atoms with Crippen LogP contribution in [0.2, 0.25) is 0 Å². The second-order valence-corrected chi connectivity index (χ2v) is 6.16. The average molecular weight is 265 g/mol. The van der Waals surface area contributed by atoms with Crippen LogP contribution >= 0.6 is 0 Å². The van der Waals surface area contributed by atoms with Gasteiger partial charge in [0.15, 0.2) is 0 Å². The molecule has 2 fully saturated rings. The Morgan fingerprint density at radius 2 is 1.94 bits per heavy atom. The number of rotatable bonds is 4. The summed E-state index contributed by atoms with van der Waals surface area (Å²) in [5.74, 6) is 0. The summed E-state index contributed by atoms with van der Waals surface area (Å²) < 4.78 is 34.5. The second kappa shape index (κ2) is 4.67. The summed E-state index contributed by atoms with van der Waals surface area (Å²) in [6.07, 6.45) is 0.771. The highest BCUT2D eigenvalue weighted by Gasteiger charge is 2.57.